The Kier molecular flexibility index (Phi) is 6.98. The maximum absolute atomic E-state index is 12.6. The van der Waals surface area contributed by atoms with Crippen LogP contribution in [-0.2, 0) is 11.2 Å². The van der Waals surface area contributed by atoms with E-state index in [1.54, 1.807) is 29.2 Å². The molecule has 0 saturated heterocycles. The molecule has 0 saturated carbocycles. The predicted octanol–water partition coefficient (Wildman–Crippen LogP) is 6.76. The van der Waals surface area contributed by atoms with Gasteiger partial charge in [-0.1, -0.05) is 11.8 Å². The third kappa shape index (κ3) is 6.11. The monoisotopic (exact) mass is 484 g/mol. The van der Waals surface area contributed by atoms with Crippen molar-refractivity contribution in [3.63, 3.8) is 0 Å². The third-order valence-corrected chi connectivity index (χ3v) is 6.92. The number of hydrogen-bond donors (Lipinski definition) is 1. The highest BCUT2D eigenvalue weighted by atomic mass is 32.2. The topological polar surface area (TPSA) is 42.0 Å². The Morgan fingerprint density at radius 3 is 2.50 bits per heavy atom. The van der Waals surface area contributed by atoms with E-state index in [0.717, 1.165) is 16.5 Å². The lowest BCUT2D eigenvalue weighted by atomic mass is 10.0. The van der Waals surface area contributed by atoms with Crippen LogP contribution in [0.4, 0.5) is 32.0 Å². The minimum Gasteiger partial charge on any atom is -0.326 e. The van der Waals surface area contributed by atoms with E-state index < -0.39 is 30.6 Å². The second-order valence-corrected chi connectivity index (χ2v) is 9.43. The summed E-state index contributed by atoms with van der Waals surface area (Å²) in [4.78, 5) is 16.2. The maximum Gasteiger partial charge on any atom is 0.400 e. The summed E-state index contributed by atoms with van der Waals surface area (Å²) in [5.41, 5.74) is 1.99. The normalized spacial score (nSPS) is 12.6. The lowest BCUT2D eigenvalue weighted by molar-refractivity contribution is -0.283. The molecular formula is C18H14F6N2OS3. The lowest BCUT2D eigenvalue weighted by Crippen LogP contribution is -2.39. The van der Waals surface area contributed by atoms with E-state index in [4.69, 9.17) is 0 Å². The lowest BCUT2D eigenvalue weighted by Gasteiger charge is -2.22. The van der Waals surface area contributed by atoms with E-state index in [1.165, 1.54) is 29.0 Å². The molecule has 1 N–H and O–H groups in total. The number of fused-ring (bicyclic) bond motifs is 1. The van der Waals surface area contributed by atoms with E-state index in [0.29, 0.717) is 10.2 Å². The number of benzene rings is 1. The molecule has 0 radical (unpaired) electrons. The molecule has 0 fully saturated rings. The molecule has 0 unspecified atom stereocenters. The second-order valence-electron chi connectivity index (χ2n) is 6.28. The highest BCUT2D eigenvalue weighted by molar-refractivity contribution is 8.01. The van der Waals surface area contributed by atoms with E-state index >= 15 is 0 Å². The van der Waals surface area contributed by atoms with Gasteiger partial charge in [-0.25, -0.2) is 4.98 Å². The number of halogens is 6. The molecule has 1 amide bonds. The molecule has 3 nitrogen and oxygen atoms in total. The number of carbonyl (C=O) groups excluding carboxylic acids is 1. The van der Waals surface area contributed by atoms with Crippen molar-refractivity contribution in [2.75, 3.05) is 11.1 Å². The van der Waals surface area contributed by atoms with Crippen LogP contribution < -0.4 is 5.32 Å². The van der Waals surface area contributed by atoms with Crippen LogP contribution in [0.1, 0.15) is 12.0 Å². The third-order valence-electron chi connectivity index (χ3n) is 4.03. The number of aromatic nitrogens is 1. The zero-order valence-corrected chi connectivity index (χ0v) is 17.5. The summed E-state index contributed by atoms with van der Waals surface area (Å²) in [5, 5.41) is 6.18. The summed E-state index contributed by atoms with van der Waals surface area (Å²) in [5.74, 6) is -4.25. The quantitative estimate of drug-likeness (QED) is 0.298. The van der Waals surface area contributed by atoms with Crippen molar-refractivity contribution in [3.8, 4) is 0 Å². The summed E-state index contributed by atoms with van der Waals surface area (Å²) in [7, 11) is 0. The van der Waals surface area contributed by atoms with Gasteiger partial charge in [-0.05, 0) is 47.0 Å². The fourth-order valence-electron chi connectivity index (χ4n) is 2.55. The van der Waals surface area contributed by atoms with Gasteiger partial charge < -0.3 is 5.32 Å². The van der Waals surface area contributed by atoms with Crippen LogP contribution in [-0.4, -0.2) is 29.0 Å². The average molecular weight is 485 g/mol. The SMILES string of the molecule is O=C(CC(C(F)(F)F)C(F)(F)F)Nc1ccc2nc(SCCc3ccsc3)sc2c1. The van der Waals surface area contributed by atoms with Gasteiger partial charge in [0, 0.05) is 17.9 Å². The first-order valence-electron chi connectivity index (χ1n) is 8.50. The highest BCUT2D eigenvalue weighted by Gasteiger charge is 2.57. The van der Waals surface area contributed by atoms with Crippen LogP contribution in [0.25, 0.3) is 10.2 Å². The van der Waals surface area contributed by atoms with E-state index in [9.17, 15) is 31.1 Å². The smallest absolute Gasteiger partial charge is 0.326 e. The van der Waals surface area contributed by atoms with Crippen molar-refractivity contribution < 1.29 is 31.1 Å². The summed E-state index contributed by atoms with van der Waals surface area (Å²) in [6.07, 6.45) is -11.9. The van der Waals surface area contributed by atoms with Crippen molar-refractivity contribution in [3.05, 3.63) is 40.6 Å². The summed E-state index contributed by atoms with van der Waals surface area (Å²) in [6, 6.07) is 6.50. The standard InChI is InChI=1S/C18H14F6N2OS3/c19-17(20,21)14(18(22,23)24)8-15(27)25-11-1-2-12-13(7-11)30-16(26-12)29-6-4-10-3-5-28-9-10/h1-3,5,7,9,14H,4,6,8H2,(H,25,27). The van der Waals surface area contributed by atoms with Gasteiger partial charge in [0.05, 0.1) is 10.2 Å². The second kappa shape index (κ2) is 9.15. The van der Waals surface area contributed by atoms with Gasteiger partial charge in [0.25, 0.3) is 0 Å². The molecule has 0 bridgehead atoms. The van der Waals surface area contributed by atoms with Crippen molar-refractivity contribution in [2.24, 2.45) is 5.92 Å². The number of nitrogens with zero attached hydrogens (tertiary/aromatic N) is 1. The van der Waals surface area contributed by atoms with Crippen LogP contribution >= 0.6 is 34.4 Å². The van der Waals surface area contributed by atoms with E-state index in [1.807, 2.05) is 11.4 Å². The Morgan fingerprint density at radius 2 is 1.87 bits per heavy atom. The first-order valence-corrected chi connectivity index (χ1v) is 11.2. The number of thiazole rings is 1. The average Bonchev–Trinajstić information content (AvgIpc) is 3.27. The summed E-state index contributed by atoms with van der Waals surface area (Å²) >= 11 is 4.51. The molecule has 30 heavy (non-hydrogen) atoms. The molecule has 0 aliphatic rings. The first kappa shape index (κ1) is 22.9. The Morgan fingerprint density at radius 1 is 1.13 bits per heavy atom. The number of thiophene rings is 1. The Bertz CT molecular complexity index is 984. The summed E-state index contributed by atoms with van der Waals surface area (Å²) in [6.45, 7) is 0. The van der Waals surface area contributed by atoms with Gasteiger partial charge in [-0.2, -0.15) is 37.7 Å². The number of carbonyl (C=O) groups is 1. The van der Waals surface area contributed by atoms with Gasteiger partial charge >= 0.3 is 12.4 Å². The molecule has 1 aromatic carbocycles. The Balaban J connectivity index is 1.62. The zero-order valence-electron chi connectivity index (χ0n) is 15.0. The van der Waals surface area contributed by atoms with E-state index in [-0.39, 0.29) is 5.69 Å². The molecule has 2 heterocycles. The highest BCUT2D eigenvalue weighted by Crippen LogP contribution is 2.41. The fraction of sp³-hybridized carbons (Fsp3) is 0.333. The van der Waals surface area contributed by atoms with Gasteiger partial charge in [-0.3, -0.25) is 4.79 Å². The van der Waals surface area contributed by atoms with E-state index in [2.05, 4.69) is 15.7 Å². The minimum atomic E-state index is -5.55. The summed E-state index contributed by atoms with van der Waals surface area (Å²) < 4.78 is 77.1. The van der Waals surface area contributed by atoms with Gasteiger partial charge in [-0.15, -0.1) is 11.3 Å². The number of rotatable bonds is 7. The number of aryl methyl sites for hydroxylation is 1. The molecule has 12 heteroatoms. The molecule has 3 aromatic rings. The van der Waals surface area contributed by atoms with Gasteiger partial charge in [0.2, 0.25) is 5.91 Å². The number of hydrogen-bond acceptors (Lipinski definition) is 5. The molecule has 0 spiro atoms. The van der Waals surface area contributed by atoms with Crippen molar-refractivity contribution in [1.29, 1.82) is 0 Å². The van der Waals surface area contributed by atoms with Crippen molar-refractivity contribution in [1.82, 2.24) is 4.98 Å². The van der Waals surface area contributed by atoms with Gasteiger partial charge in [0.1, 0.15) is 0 Å². The van der Waals surface area contributed by atoms with Crippen molar-refractivity contribution >= 4 is 56.2 Å². The maximum atomic E-state index is 12.6. The number of amides is 1. The molecule has 0 aliphatic carbocycles. The number of anilines is 1. The van der Waals surface area contributed by atoms with Crippen LogP contribution in [0.3, 0.4) is 0 Å². The van der Waals surface area contributed by atoms with Crippen LogP contribution in [0.2, 0.25) is 0 Å². The molecule has 0 atom stereocenters. The molecule has 3 rings (SSSR count). The molecular weight excluding hydrogens is 470 g/mol. The van der Waals surface area contributed by atoms with Crippen molar-refractivity contribution in [2.45, 2.75) is 29.5 Å². The first-order chi connectivity index (χ1) is 14.0. The number of thioether (sulfide) groups is 1. The zero-order chi connectivity index (χ0) is 21.9. The van der Waals surface area contributed by atoms with Crippen LogP contribution in [0.5, 0.6) is 0 Å². The number of nitrogens with one attached hydrogen (secondary N) is 1. The molecule has 162 valence electrons. The number of alkyl halides is 6. The van der Waals surface area contributed by atoms with Crippen LogP contribution in [0.15, 0.2) is 39.4 Å². The molecule has 2 aromatic heterocycles. The Hall–Kier alpha value is -1.79. The fourth-order valence-corrected chi connectivity index (χ4v) is 5.42. The predicted molar refractivity (Wildman–Crippen MR) is 107 cm³/mol. The molecule has 0 aliphatic heterocycles. The minimum absolute atomic E-state index is 0.120. The van der Waals surface area contributed by atoms with Gasteiger partial charge in [0.15, 0.2) is 10.3 Å². The largest absolute Gasteiger partial charge is 0.400 e. The Labute approximate surface area is 179 Å². The van der Waals surface area contributed by atoms with Crippen LogP contribution in [0, 0.1) is 5.92 Å².